The van der Waals surface area contributed by atoms with Crippen LogP contribution in [0.15, 0.2) is 71.8 Å². The number of carbonyl (C=O) groups is 2. The predicted molar refractivity (Wildman–Crippen MR) is 136 cm³/mol. The summed E-state index contributed by atoms with van der Waals surface area (Å²) in [7, 11) is 1.45. The van der Waals surface area contributed by atoms with E-state index in [1.165, 1.54) is 18.9 Å². The average Bonchev–Trinajstić information content (AvgIpc) is 2.83. The first-order valence-electron chi connectivity index (χ1n) is 10.9. The molecule has 3 aromatic rings. The van der Waals surface area contributed by atoms with E-state index in [-0.39, 0.29) is 23.3 Å². The molecule has 0 unspecified atom stereocenters. The standard InChI is InChI=1S/C27H27ClN2O5/c1-27(2,3)19-10-12-20(13-11-19)34-17-25(31)30-29-16-18-9-14-23(24(15-18)33-4)35-26(32)21-7-5-6-8-22(21)28/h5-16H,17H2,1-4H3,(H,30,31). The fraction of sp³-hybridized carbons (Fsp3) is 0.222. The Bertz CT molecular complexity index is 1220. The maximum Gasteiger partial charge on any atom is 0.345 e. The van der Waals surface area contributed by atoms with Crippen molar-refractivity contribution in [1.82, 2.24) is 5.43 Å². The SMILES string of the molecule is COc1cc(C=NNC(=O)COc2ccc(C(C)(C)C)cc2)ccc1OC(=O)c1ccccc1Cl. The molecule has 3 rings (SSSR count). The fourth-order valence-electron chi connectivity index (χ4n) is 3.04. The van der Waals surface area contributed by atoms with Gasteiger partial charge in [-0.05, 0) is 59.0 Å². The number of methoxy groups -OCH3 is 1. The van der Waals surface area contributed by atoms with Gasteiger partial charge in [0.15, 0.2) is 18.1 Å². The highest BCUT2D eigenvalue weighted by Gasteiger charge is 2.15. The number of nitrogens with zero attached hydrogens (tertiary/aromatic N) is 1. The van der Waals surface area contributed by atoms with Crippen molar-refractivity contribution in [2.45, 2.75) is 26.2 Å². The molecule has 3 aromatic carbocycles. The molecule has 182 valence electrons. The first-order chi connectivity index (χ1) is 16.7. The second kappa shape index (κ2) is 11.5. The Balaban J connectivity index is 1.54. The summed E-state index contributed by atoms with van der Waals surface area (Å²) in [5.41, 5.74) is 4.51. The van der Waals surface area contributed by atoms with E-state index in [0.29, 0.717) is 22.1 Å². The van der Waals surface area contributed by atoms with Crippen molar-refractivity contribution in [1.29, 1.82) is 0 Å². The van der Waals surface area contributed by atoms with Crippen LogP contribution in [0.1, 0.15) is 42.3 Å². The zero-order chi connectivity index (χ0) is 25.4. The molecule has 1 amide bonds. The maximum atomic E-state index is 12.4. The minimum absolute atomic E-state index is 0.0444. The van der Waals surface area contributed by atoms with Crippen molar-refractivity contribution >= 4 is 29.7 Å². The lowest BCUT2D eigenvalue weighted by Crippen LogP contribution is -2.24. The first-order valence-corrected chi connectivity index (χ1v) is 11.2. The number of nitrogens with one attached hydrogen (secondary N) is 1. The molecule has 7 nitrogen and oxygen atoms in total. The zero-order valence-corrected chi connectivity index (χ0v) is 20.8. The first kappa shape index (κ1) is 25.8. The van der Waals surface area contributed by atoms with Gasteiger partial charge in [0.25, 0.3) is 5.91 Å². The Labute approximate surface area is 209 Å². The molecule has 35 heavy (non-hydrogen) atoms. The summed E-state index contributed by atoms with van der Waals surface area (Å²) in [4.78, 5) is 24.5. The Hall–Kier alpha value is -3.84. The van der Waals surface area contributed by atoms with Crippen LogP contribution < -0.4 is 19.6 Å². The second-order valence-corrected chi connectivity index (χ2v) is 9.04. The number of ether oxygens (including phenoxy) is 3. The van der Waals surface area contributed by atoms with E-state index in [1.54, 1.807) is 42.5 Å². The topological polar surface area (TPSA) is 86.2 Å². The van der Waals surface area contributed by atoms with Gasteiger partial charge in [-0.25, -0.2) is 10.2 Å². The molecule has 0 bridgehead atoms. The summed E-state index contributed by atoms with van der Waals surface area (Å²) in [6, 6.07) is 19.1. The molecule has 0 atom stereocenters. The van der Waals surface area contributed by atoms with Gasteiger partial charge in [-0.3, -0.25) is 4.79 Å². The Morgan fingerprint density at radius 3 is 2.37 bits per heavy atom. The number of halogens is 1. The lowest BCUT2D eigenvalue weighted by Gasteiger charge is -2.19. The number of carbonyl (C=O) groups excluding carboxylic acids is 2. The smallest absolute Gasteiger partial charge is 0.345 e. The zero-order valence-electron chi connectivity index (χ0n) is 20.0. The molecule has 0 saturated heterocycles. The molecule has 0 fully saturated rings. The van der Waals surface area contributed by atoms with Gasteiger partial charge in [-0.1, -0.05) is 56.6 Å². The van der Waals surface area contributed by atoms with Gasteiger partial charge in [0.1, 0.15) is 5.75 Å². The summed E-state index contributed by atoms with van der Waals surface area (Å²) in [5, 5.41) is 4.23. The van der Waals surface area contributed by atoms with Crippen LogP contribution in [0.3, 0.4) is 0 Å². The number of benzene rings is 3. The van der Waals surface area contributed by atoms with E-state index in [0.717, 1.165) is 0 Å². The number of esters is 1. The lowest BCUT2D eigenvalue weighted by molar-refractivity contribution is -0.123. The molecule has 0 saturated carbocycles. The number of hydrogen-bond acceptors (Lipinski definition) is 6. The molecule has 0 heterocycles. The molecule has 0 spiro atoms. The van der Waals surface area contributed by atoms with Crippen LogP contribution in [0.2, 0.25) is 5.02 Å². The van der Waals surface area contributed by atoms with Crippen molar-refractivity contribution in [2.24, 2.45) is 5.10 Å². The van der Waals surface area contributed by atoms with Gasteiger partial charge in [0.2, 0.25) is 0 Å². The Morgan fingerprint density at radius 2 is 1.71 bits per heavy atom. The Morgan fingerprint density at radius 1 is 1.00 bits per heavy atom. The van der Waals surface area contributed by atoms with Crippen molar-refractivity contribution in [3.05, 3.63) is 88.4 Å². The number of rotatable bonds is 8. The van der Waals surface area contributed by atoms with Gasteiger partial charge >= 0.3 is 5.97 Å². The van der Waals surface area contributed by atoms with Gasteiger partial charge in [-0.15, -0.1) is 0 Å². The summed E-state index contributed by atoms with van der Waals surface area (Å²) >= 11 is 6.05. The molecule has 8 heteroatoms. The van der Waals surface area contributed by atoms with Crippen LogP contribution in [-0.4, -0.2) is 31.8 Å². The van der Waals surface area contributed by atoms with E-state index in [2.05, 4.69) is 31.3 Å². The van der Waals surface area contributed by atoms with Gasteiger partial charge in [0, 0.05) is 0 Å². The Kier molecular flexibility index (Phi) is 8.49. The van der Waals surface area contributed by atoms with Crippen molar-refractivity contribution in [2.75, 3.05) is 13.7 Å². The monoisotopic (exact) mass is 494 g/mol. The van der Waals surface area contributed by atoms with Crippen LogP contribution in [0, 0.1) is 0 Å². The van der Waals surface area contributed by atoms with Crippen molar-refractivity contribution < 1.29 is 23.8 Å². The summed E-state index contributed by atoms with van der Waals surface area (Å²) in [5.74, 6) is 0.144. The lowest BCUT2D eigenvalue weighted by atomic mass is 9.87. The van der Waals surface area contributed by atoms with Crippen LogP contribution in [0.4, 0.5) is 0 Å². The third-order valence-corrected chi connectivity index (χ3v) is 5.31. The maximum absolute atomic E-state index is 12.4. The summed E-state index contributed by atoms with van der Waals surface area (Å²) < 4.78 is 16.2. The third kappa shape index (κ3) is 7.32. The molecule has 0 aliphatic heterocycles. The van der Waals surface area contributed by atoms with E-state index in [9.17, 15) is 9.59 Å². The van der Waals surface area contributed by atoms with Gasteiger partial charge in [-0.2, -0.15) is 5.10 Å². The average molecular weight is 495 g/mol. The third-order valence-electron chi connectivity index (χ3n) is 4.98. The van der Waals surface area contributed by atoms with Crippen LogP contribution >= 0.6 is 11.6 Å². The highest BCUT2D eigenvalue weighted by molar-refractivity contribution is 6.33. The van der Waals surface area contributed by atoms with Crippen LogP contribution in [0.25, 0.3) is 0 Å². The fourth-order valence-corrected chi connectivity index (χ4v) is 3.25. The number of hydrazone groups is 1. The van der Waals surface area contributed by atoms with Crippen LogP contribution in [0.5, 0.6) is 17.2 Å². The molecule has 0 aromatic heterocycles. The number of hydrogen-bond donors (Lipinski definition) is 1. The summed E-state index contributed by atoms with van der Waals surface area (Å²) in [6.07, 6.45) is 1.44. The molecule has 0 radical (unpaired) electrons. The minimum Gasteiger partial charge on any atom is -0.493 e. The molecule has 0 aliphatic rings. The molecule has 1 N–H and O–H groups in total. The quantitative estimate of drug-likeness (QED) is 0.196. The second-order valence-electron chi connectivity index (χ2n) is 8.64. The van der Waals surface area contributed by atoms with Crippen molar-refractivity contribution in [3.8, 4) is 17.2 Å². The largest absolute Gasteiger partial charge is 0.493 e. The normalized spacial score (nSPS) is 11.2. The van der Waals surface area contributed by atoms with Gasteiger partial charge < -0.3 is 14.2 Å². The van der Waals surface area contributed by atoms with E-state index < -0.39 is 11.9 Å². The molecular weight excluding hydrogens is 468 g/mol. The highest BCUT2D eigenvalue weighted by atomic mass is 35.5. The van der Waals surface area contributed by atoms with Crippen molar-refractivity contribution in [3.63, 3.8) is 0 Å². The molecular formula is C27H27ClN2O5. The summed E-state index contributed by atoms with van der Waals surface area (Å²) in [6.45, 7) is 6.21. The van der Waals surface area contributed by atoms with E-state index in [4.69, 9.17) is 25.8 Å². The molecule has 0 aliphatic carbocycles. The van der Waals surface area contributed by atoms with E-state index >= 15 is 0 Å². The van der Waals surface area contributed by atoms with Gasteiger partial charge in [0.05, 0.1) is 23.9 Å². The van der Waals surface area contributed by atoms with E-state index in [1.807, 2.05) is 24.3 Å². The number of amides is 1. The van der Waals surface area contributed by atoms with Crippen LogP contribution in [-0.2, 0) is 10.2 Å². The minimum atomic E-state index is -0.601. The predicted octanol–water partition coefficient (Wildman–Crippen LogP) is 5.39. The highest BCUT2D eigenvalue weighted by Crippen LogP contribution is 2.29.